The van der Waals surface area contributed by atoms with E-state index >= 15 is 0 Å². The molecule has 0 aromatic carbocycles. The summed E-state index contributed by atoms with van der Waals surface area (Å²) in [4.78, 5) is 0. The minimum atomic E-state index is -0.308. The van der Waals surface area contributed by atoms with Crippen LogP contribution < -0.4 is 0 Å². The van der Waals surface area contributed by atoms with Crippen molar-refractivity contribution in [3.05, 3.63) is 0 Å². The lowest BCUT2D eigenvalue weighted by atomic mass is 9.37. The molecule has 4 fully saturated rings. The van der Waals surface area contributed by atoms with Gasteiger partial charge in [0.05, 0.1) is 12.2 Å². The molecule has 29 heavy (non-hydrogen) atoms. The zero-order valence-corrected chi connectivity index (χ0v) is 20.0. The van der Waals surface area contributed by atoms with Crippen LogP contribution in [0, 0.1) is 50.7 Å². The fraction of sp³-hybridized carbons (Fsp3) is 1.00. The Morgan fingerprint density at radius 3 is 2.10 bits per heavy atom. The van der Waals surface area contributed by atoms with Crippen LogP contribution in [0.4, 0.5) is 0 Å². The predicted molar refractivity (Wildman–Crippen MR) is 117 cm³/mol. The average Bonchev–Trinajstić information content (AvgIpc) is 2.94. The summed E-state index contributed by atoms with van der Waals surface area (Å²) in [5.41, 5.74) is 0.00943. The maximum Gasteiger partial charge on any atom is 0.0604 e. The summed E-state index contributed by atoms with van der Waals surface area (Å²) < 4.78 is 0. The lowest BCUT2D eigenvalue weighted by Crippen LogP contribution is -2.65. The van der Waals surface area contributed by atoms with Crippen LogP contribution >= 0.6 is 0 Å². The first-order valence-electron chi connectivity index (χ1n) is 12.2. The Morgan fingerprint density at radius 2 is 1.48 bits per heavy atom. The third-order valence-corrected chi connectivity index (χ3v) is 11.9. The van der Waals surface area contributed by atoms with Crippen LogP contribution in [-0.4, -0.2) is 34.1 Å². The van der Waals surface area contributed by atoms with E-state index in [1.807, 2.05) is 0 Å². The number of fused-ring (bicyclic) bond motifs is 5. The number of hydrogen-bond donors (Lipinski definition) is 3. The summed E-state index contributed by atoms with van der Waals surface area (Å²) in [5.74, 6) is 2.07. The molecule has 3 N–H and O–H groups in total. The van der Waals surface area contributed by atoms with Gasteiger partial charge in [0.25, 0.3) is 0 Å². The van der Waals surface area contributed by atoms with E-state index in [1.54, 1.807) is 0 Å². The highest BCUT2D eigenvalue weighted by Crippen LogP contribution is 2.75. The van der Waals surface area contributed by atoms with E-state index in [1.165, 1.54) is 19.3 Å². The van der Waals surface area contributed by atoms with Gasteiger partial charge in [0.1, 0.15) is 0 Å². The monoisotopic (exact) mass is 406 g/mol. The van der Waals surface area contributed by atoms with Crippen molar-refractivity contribution >= 4 is 0 Å². The van der Waals surface area contributed by atoms with Crippen LogP contribution in [0.25, 0.3) is 0 Å². The predicted octanol–water partition coefficient (Wildman–Crippen LogP) is 5.02. The molecule has 0 bridgehead atoms. The summed E-state index contributed by atoms with van der Waals surface area (Å²) in [6, 6.07) is 0. The molecule has 4 rings (SSSR count). The van der Waals surface area contributed by atoms with Crippen LogP contribution in [0.5, 0.6) is 0 Å². The zero-order valence-electron chi connectivity index (χ0n) is 20.0. The molecule has 0 aromatic rings. The first-order chi connectivity index (χ1) is 13.3. The molecule has 0 aliphatic heterocycles. The van der Waals surface area contributed by atoms with Crippen molar-refractivity contribution in [2.45, 2.75) is 106 Å². The highest BCUT2D eigenvalue weighted by molar-refractivity contribution is 5.19. The Balaban J connectivity index is 1.74. The quantitative estimate of drug-likeness (QED) is 0.603. The Hall–Kier alpha value is -0.120. The topological polar surface area (TPSA) is 60.7 Å². The van der Waals surface area contributed by atoms with E-state index in [0.717, 1.165) is 25.7 Å². The number of hydrogen-bond acceptors (Lipinski definition) is 3. The summed E-state index contributed by atoms with van der Waals surface area (Å²) in [7, 11) is 0. The molecule has 0 radical (unpaired) electrons. The van der Waals surface area contributed by atoms with Gasteiger partial charge in [-0.1, -0.05) is 48.5 Å². The van der Waals surface area contributed by atoms with Gasteiger partial charge in [-0.05, 0) is 90.3 Å². The van der Waals surface area contributed by atoms with Crippen LogP contribution in [0.1, 0.15) is 93.4 Å². The van der Waals surface area contributed by atoms with Crippen LogP contribution in [-0.2, 0) is 0 Å². The second-order valence-corrected chi connectivity index (χ2v) is 13.4. The largest absolute Gasteiger partial charge is 0.396 e. The van der Waals surface area contributed by atoms with Crippen molar-refractivity contribution in [1.29, 1.82) is 0 Å². The first-order valence-corrected chi connectivity index (χ1v) is 12.2. The average molecular weight is 407 g/mol. The molecule has 3 nitrogen and oxygen atoms in total. The second-order valence-electron chi connectivity index (χ2n) is 13.4. The van der Waals surface area contributed by atoms with E-state index in [4.69, 9.17) is 0 Å². The van der Waals surface area contributed by atoms with Gasteiger partial charge in [0.2, 0.25) is 0 Å². The molecule has 0 spiro atoms. The van der Waals surface area contributed by atoms with Crippen LogP contribution in [0.15, 0.2) is 0 Å². The van der Waals surface area contributed by atoms with Crippen molar-refractivity contribution in [3.63, 3.8) is 0 Å². The van der Waals surface area contributed by atoms with E-state index in [9.17, 15) is 15.3 Å². The molecular formula is C26H46O3. The maximum absolute atomic E-state index is 11.7. The third kappa shape index (κ3) is 2.59. The minimum Gasteiger partial charge on any atom is -0.396 e. The fourth-order valence-electron chi connectivity index (χ4n) is 9.83. The van der Waals surface area contributed by atoms with Crippen molar-refractivity contribution in [3.8, 4) is 0 Å². The highest BCUT2D eigenvalue weighted by Gasteiger charge is 2.71. The van der Waals surface area contributed by atoms with Gasteiger partial charge in [-0.2, -0.15) is 0 Å². The number of aliphatic hydroxyl groups excluding tert-OH is 3. The van der Waals surface area contributed by atoms with Gasteiger partial charge in [-0.3, -0.25) is 0 Å². The molecule has 168 valence electrons. The van der Waals surface area contributed by atoms with E-state index in [0.29, 0.717) is 23.7 Å². The van der Waals surface area contributed by atoms with Gasteiger partial charge in [-0.15, -0.1) is 0 Å². The summed E-state index contributed by atoms with van der Waals surface area (Å²) in [6.45, 7) is 16.5. The Bertz CT molecular complexity index is 656. The molecule has 3 heteroatoms. The van der Waals surface area contributed by atoms with Crippen LogP contribution in [0.2, 0.25) is 0 Å². The molecule has 4 aliphatic carbocycles. The zero-order chi connectivity index (χ0) is 21.6. The Morgan fingerprint density at radius 1 is 0.828 bits per heavy atom. The molecule has 0 aromatic heterocycles. The smallest absolute Gasteiger partial charge is 0.0604 e. The Labute approximate surface area is 178 Å². The molecule has 9 atom stereocenters. The third-order valence-electron chi connectivity index (χ3n) is 11.9. The van der Waals surface area contributed by atoms with Crippen LogP contribution in [0.3, 0.4) is 0 Å². The fourth-order valence-corrected chi connectivity index (χ4v) is 9.83. The molecule has 0 amide bonds. The van der Waals surface area contributed by atoms with Crippen molar-refractivity contribution < 1.29 is 15.3 Å². The molecule has 0 heterocycles. The van der Waals surface area contributed by atoms with Crippen molar-refractivity contribution in [1.82, 2.24) is 0 Å². The highest BCUT2D eigenvalue weighted by atomic mass is 16.3. The van der Waals surface area contributed by atoms with Crippen molar-refractivity contribution in [2.24, 2.45) is 50.7 Å². The normalized spacial score (nSPS) is 54.4. The van der Waals surface area contributed by atoms with Gasteiger partial charge >= 0.3 is 0 Å². The van der Waals surface area contributed by atoms with Gasteiger partial charge < -0.3 is 15.3 Å². The lowest BCUT2D eigenvalue weighted by Gasteiger charge is -2.68. The number of aliphatic hydroxyl groups is 3. The van der Waals surface area contributed by atoms with E-state index in [2.05, 4.69) is 48.5 Å². The molecule has 0 saturated heterocycles. The SMILES string of the molecule is CC(C)(CO)C1CC[C@@]2(C)C3CCC4C(C)(C)C(O)CCC4(C)C3CC(O)C12C. The molecule has 8 unspecified atom stereocenters. The standard InChI is InChI=1S/C26H46O3/c1-22(2,15-27)18-10-13-25(6)16-8-9-19-23(3,4)20(28)11-12-24(19,5)17(16)14-21(29)26(18,25)7/h16-21,27-29H,8-15H2,1-7H3/t16?,17?,18?,19?,20?,21?,24?,25-,26?/m0/s1. The Kier molecular flexibility index (Phi) is 4.91. The summed E-state index contributed by atoms with van der Waals surface area (Å²) >= 11 is 0. The van der Waals surface area contributed by atoms with Gasteiger partial charge in [0.15, 0.2) is 0 Å². The summed E-state index contributed by atoms with van der Waals surface area (Å²) in [6.07, 6.45) is 7.10. The van der Waals surface area contributed by atoms with E-state index < -0.39 is 0 Å². The van der Waals surface area contributed by atoms with Gasteiger partial charge in [-0.25, -0.2) is 0 Å². The van der Waals surface area contributed by atoms with Crippen molar-refractivity contribution in [2.75, 3.05) is 6.61 Å². The minimum absolute atomic E-state index is 0.0400. The molecular weight excluding hydrogens is 360 g/mol. The number of rotatable bonds is 2. The maximum atomic E-state index is 11.7. The molecule has 4 aliphatic rings. The first kappa shape index (κ1) is 22.1. The summed E-state index contributed by atoms with van der Waals surface area (Å²) in [5, 5.41) is 32.6. The van der Waals surface area contributed by atoms with Gasteiger partial charge in [0, 0.05) is 12.0 Å². The van der Waals surface area contributed by atoms with E-state index in [-0.39, 0.29) is 45.9 Å². The molecule has 4 saturated carbocycles. The second kappa shape index (κ2) is 6.45. The lowest BCUT2D eigenvalue weighted by molar-refractivity contribution is -0.235.